The first-order chi connectivity index (χ1) is 11.2. The number of carbonyl (C=O) groups excluding carboxylic acids is 1. The zero-order valence-electron chi connectivity index (χ0n) is 13.0. The van der Waals surface area contributed by atoms with Gasteiger partial charge in [0, 0.05) is 12.3 Å². The van der Waals surface area contributed by atoms with Gasteiger partial charge in [-0.25, -0.2) is 4.57 Å². The zero-order chi connectivity index (χ0) is 17.9. The molecule has 0 bridgehead atoms. The molecule has 0 aromatic heterocycles. The molecule has 128 valence electrons. The van der Waals surface area contributed by atoms with E-state index in [2.05, 4.69) is 4.76 Å². The molecule has 1 atom stereocenters. The Hall–Kier alpha value is -2.21. The van der Waals surface area contributed by atoms with Crippen molar-refractivity contribution in [3.63, 3.8) is 0 Å². The summed E-state index contributed by atoms with van der Waals surface area (Å²) in [6.07, 6.45) is 3.24. The predicted molar refractivity (Wildman–Crippen MR) is 89.0 cm³/mol. The highest BCUT2D eigenvalue weighted by Crippen LogP contribution is 2.39. The van der Waals surface area contributed by atoms with Crippen LogP contribution in [0.5, 0.6) is 5.75 Å². The second kappa shape index (κ2) is 7.13. The maximum absolute atomic E-state index is 12.9. The number of carbonyl (C=O) groups is 1. The molecule has 0 radical (unpaired) electrons. The van der Waals surface area contributed by atoms with Gasteiger partial charge in [-0.1, -0.05) is 25.1 Å². The molecule has 1 unspecified atom stereocenters. The Morgan fingerprint density at radius 1 is 1.25 bits per heavy atom. The maximum atomic E-state index is 12.9. The number of rotatable bonds is 5. The molecule has 1 aromatic rings. The molecule has 8 heteroatoms. The number of aliphatic hydroxyl groups is 1. The Kier molecular flexibility index (Phi) is 5.39. The van der Waals surface area contributed by atoms with Crippen molar-refractivity contribution in [3.05, 3.63) is 53.3 Å². The summed E-state index contributed by atoms with van der Waals surface area (Å²) in [5, 5.41) is 19.4. The number of benzene rings is 1. The number of phenolic OH excluding ortho intramolecular Hbond substituents is 1. The highest BCUT2D eigenvalue weighted by Gasteiger charge is 2.30. The molecule has 0 saturated carbocycles. The van der Waals surface area contributed by atoms with Crippen molar-refractivity contribution in [1.29, 1.82) is 0 Å². The summed E-state index contributed by atoms with van der Waals surface area (Å²) in [5.41, 5.74) is 0.317. The minimum Gasteiger partial charge on any atom is -0.508 e. The molecule has 0 heterocycles. The Morgan fingerprint density at radius 2 is 1.88 bits per heavy atom. The van der Waals surface area contributed by atoms with Gasteiger partial charge in [0.1, 0.15) is 11.5 Å². The molecular formula is C16H18NO6P. The van der Waals surface area contributed by atoms with Gasteiger partial charge in [-0.2, -0.15) is 4.76 Å². The van der Waals surface area contributed by atoms with E-state index in [9.17, 15) is 19.6 Å². The lowest BCUT2D eigenvalue weighted by atomic mass is 9.84. The van der Waals surface area contributed by atoms with Crippen LogP contribution in [0, 0.1) is 0 Å². The fraction of sp³-hybridized carbons (Fsp3) is 0.250. The lowest BCUT2D eigenvalue weighted by molar-refractivity contribution is -0.116. The van der Waals surface area contributed by atoms with Crippen molar-refractivity contribution in [2.45, 2.75) is 25.7 Å². The highest BCUT2D eigenvalue weighted by molar-refractivity contribution is 7.50. The molecule has 0 fully saturated rings. The fourth-order valence-electron chi connectivity index (χ4n) is 2.59. The van der Waals surface area contributed by atoms with Crippen LogP contribution in [0.25, 0.3) is 0 Å². The van der Waals surface area contributed by atoms with Gasteiger partial charge in [0.05, 0.1) is 11.3 Å². The van der Waals surface area contributed by atoms with E-state index in [-0.39, 0.29) is 29.2 Å². The van der Waals surface area contributed by atoms with Crippen molar-refractivity contribution in [1.82, 2.24) is 0 Å². The number of phenols is 1. The standard InChI is InChI=1S/C16H18NO6P/c1-2-12(10-6-8-11(18)9-7-10)16(20)15-13(17-24(21,22)23)4-3-5-14(15)19/h3,5-9,12,18-19H,2,4H2,1H3,(H2,21,22,23). The second-order valence-electron chi connectivity index (χ2n) is 5.34. The van der Waals surface area contributed by atoms with Crippen molar-refractivity contribution >= 4 is 19.2 Å². The summed E-state index contributed by atoms with van der Waals surface area (Å²) in [6, 6.07) is 6.09. The summed E-state index contributed by atoms with van der Waals surface area (Å²) in [4.78, 5) is 31.0. The van der Waals surface area contributed by atoms with E-state index >= 15 is 0 Å². The van der Waals surface area contributed by atoms with E-state index in [0.29, 0.717) is 12.0 Å². The van der Waals surface area contributed by atoms with Crippen LogP contribution in [-0.4, -0.2) is 31.5 Å². The third-order valence-electron chi connectivity index (χ3n) is 3.65. The van der Waals surface area contributed by atoms with Crippen molar-refractivity contribution in [2.75, 3.05) is 0 Å². The predicted octanol–water partition coefficient (Wildman–Crippen LogP) is 2.76. The number of nitrogens with zero attached hydrogens (tertiary/aromatic N) is 1. The largest absolute Gasteiger partial charge is 0.508 e. The minimum absolute atomic E-state index is 0.0439. The zero-order valence-corrected chi connectivity index (χ0v) is 13.8. The van der Waals surface area contributed by atoms with Crippen LogP contribution in [-0.2, 0) is 9.36 Å². The third-order valence-corrected chi connectivity index (χ3v) is 4.15. The second-order valence-corrected chi connectivity index (χ2v) is 6.57. The van der Waals surface area contributed by atoms with Crippen molar-refractivity contribution < 1.29 is 29.4 Å². The molecular weight excluding hydrogens is 333 g/mol. The lowest BCUT2D eigenvalue weighted by Crippen LogP contribution is -2.23. The number of aliphatic hydroxyl groups excluding tert-OH is 1. The molecule has 0 aliphatic heterocycles. The number of hydrogen-bond donors (Lipinski definition) is 4. The summed E-state index contributed by atoms with van der Waals surface area (Å²) in [6.45, 7) is 1.78. The Bertz CT molecular complexity index is 772. The summed E-state index contributed by atoms with van der Waals surface area (Å²) in [5.74, 6) is -1.41. The van der Waals surface area contributed by atoms with E-state index in [0.717, 1.165) is 0 Å². The molecule has 1 aromatic carbocycles. The number of ketones is 1. The van der Waals surface area contributed by atoms with Gasteiger partial charge in [0.15, 0.2) is 5.78 Å². The fourth-order valence-corrected chi connectivity index (χ4v) is 3.08. The molecule has 1 aliphatic rings. The molecule has 7 nitrogen and oxygen atoms in total. The smallest absolute Gasteiger partial charge is 0.448 e. The van der Waals surface area contributed by atoms with Crippen LogP contribution in [0.15, 0.2) is 52.5 Å². The van der Waals surface area contributed by atoms with Crippen LogP contribution < -0.4 is 0 Å². The maximum Gasteiger partial charge on any atom is 0.448 e. The first kappa shape index (κ1) is 18.1. The van der Waals surface area contributed by atoms with E-state index in [1.807, 2.05) is 0 Å². The first-order valence-corrected chi connectivity index (χ1v) is 8.87. The van der Waals surface area contributed by atoms with Gasteiger partial charge in [0.2, 0.25) is 0 Å². The minimum atomic E-state index is -4.73. The van der Waals surface area contributed by atoms with Gasteiger partial charge in [0.25, 0.3) is 0 Å². The summed E-state index contributed by atoms with van der Waals surface area (Å²) in [7, 11) is -4.73. The van der Waals surface area contributed by atoms with Crippen molar-refractivity contribution in [3.8, 4) is 5.75 Å². The van der Waals surface area contributed by atoms with Gasteiger partial charge in [-0.05, 0) is 30.2 Å². The number of aromatic hydroxyl groups is 1. The average molecular weight is 351 g/mol. The topological polar surface area (TPSA) is 127 Å². The van der Waals surface area contributed by atoms with Crippen LogP contribution in [0.2, 0.25) is 0 Å². The molecule has 24 heavy (non-hydrogen) atoms. The molecule has 4 N–H and O–H groups in total. The molecule has 0 saturated heterocycles. The van der Waals surface area contributed by atoms with E-state index in [4.69, 9.17) is 9.79 Å². The van der Waals surface area contributed by atoms with Crippen LogP contribution in [0.1, 0.15) is 31.2 Å². The van der Waals surface area contributed by atoms with Crippen LogP contribution >= 0.6 is 7.75 Å². The first-order valence-electron chi connectivity index (χ1n) is 7.31. The van der Waals surface area contributed by atoms with E-state index in [1.54, 1.807) is 19.1 Å². The quantitative estimate of drug-likeness (QED) is 0.604. The molecule has 1 aliphatic carbocycles. The lowest BCUT2D eigenvalue weighted by Gasteiger charge is -2.20. The Morgan fingerprint density at radius 3 is 2.42 bits per heavy atom. The van der Waals surface area contributed by atoms with Gasteiger partial charge < -0.3 is 20.0 Å². The number of hydrogen-bond acceptors (Lipinski definition) is 4. The SMILES string of the molecule is CCC(C(=O)C1=C(O)C=CCC1=NP(=O)(O)O)c1ccc(O)cc1. The van der Waals surface area contributed by atoms with E-state index in [1.165, 1.54) is 24.3 Å². The van der Waals surface area contributed by atoms with Gasteiger partial charge in [-0.15, -0.1) is 0 Å². The number of allylic oxidation sites excluding steroid dienone is 3. The van der Waals surface area contributed by atoms with E-state index < -0.39 is 19.4 Å². The monoisotopic (exact) mass is 351 g/mol. The molecule has 0 spiro atoms. The normalized spacial score (nSPS) is 18.0. The van der Waals surface area contributed by atoms with Crippen LogP contribution in [0.4, 0.5) is 0 Å². The Balaban J connectivity index is 2.47. The average Bonchev–Trinajstić information content (AvgIpc) is 2.48. The highest BCUT2D eigenvalue weighted by atomic mass is 31.2. The summed E-state index contributed by atoms with van der Waals surface area (Å²) < 4.78 is 14.5. The summed E-state index contributed by atoms with van der Waals surface area (Å²) >= 11 is 0. The van der Waals surface area contributed by atoms with Gasteiger partial charge >= 0.3 is 7.75 Å². The number of Topliss-reactive ketones (excluding diaryl/α,β-unsaturated/α-hetero) is 1. The Labute approximate surface area is 138 Å². The molecule has 2 rings (SSSR count). The van der Waals surface area contributed by atoms with Gasteiger partial charge in [-0.3, -0.25) is 4.79 Å². The third kappa shape index (κ3) is 4.20. The van der Waals surface area contributed by atoms with Crippen LogP contribution in [0.3, 0.4) is 0 Å². The van der Waals surface area contributed by atoms with Crippen molar-refractivity contribution in [2.24, 2.45) is 4.76 Å². The molecule has 0 amide bonds.